The number of nitrogens with zero attached hydrogens (tertiary/aromatic N) is 3. The van der Waals surface area contributed by atoms with Gasteiger partial charge < -0.3 is 10.2 Å². The Labute approximate surface area is 167 Å². The summed E-state index contributed by atoms with van der Waals surface area (Å²) in [5.74, 6) is 0.868. The second-order valence-electron chi connectivity index (χ2n) is 8.15. The molecular formula is C22H31ClN4. The molecule has 2 fully saturated rings. The molecule has 0 unspecified atom stereocenters. The van der Waals surface area contributed by atoms with Gasteiger partial charge in [0, 0.05) is 42.0 Å². The molecule has 1 aromatic heterocycles. The highest BCUT2D eigenvalue weighted by Gasteiger charge is 2.32. The van der Waals surface area contributed by atoms with Crippen LogP contribution in [0.1, 0.15) is 44.1 Å². The van der Waals surface area contributed by atoms with Crippen molar-refractivity contribution in [2.24, 2.45) is 13.0 Å². The molecule has 5 heteroatoms. The molecule has 0 amide bonds. The number of aromatic nitrogens is 2. The summed E-state index contributed by atoms with van der Waals surface area (Å²) in [5.41, 5.74) is 3.36. The maximum absolute atomic E-state index is 6.17. The van der Waals surface area contributed by atoms with Crippen molar-refractivity contribution >= 4 is 11.6 Å². The van der Waals surface area contributed by atoms with E-state index in [-0.39, 0.29) is 0 Å². The smallest absolute Gasteiger partial charge is 0.0968 e. The van der Waals surface area contributed by atoms with E-state index in [1.165, 1.54) is 57.2 Å². The van der Waals surface area contributed by atoms with E-state index in [1.807, 2.05) is 29.9 Å². The lowest BCUT2D eigenvalue weighted by Crippen LogP contribution is -2.48. The lowest BCUT2D eigenvalue weighted by Gasteiger charge is -2.44. The third-order valence-corrected chi connectivity index (χ3v) is 6.47. The molecule has 2 aliphatic heterocycles. The van der Waals surface area contributed by atoms with Crippen LogP contribution in [-0.4, -0.2) is 40.4 Å². The Hall–Kier alpha value is -1.36. The normalized spacial score (nSPS) is 23.3. The second-order valence-corrected chi connectivity index (χ2v) is 8.59. The first-order chi connectivity index (χ1) is 13.2. The third kappa shape index (κ3) is 4.56. The number of halogens is 1. The van der Waals surface area contributed by atoms with Crippen LogP contribution < -0.4 is 5.32 Å². The molecule has 2 saturated heterocycles. The molecule has 0 aliphatic carbocycles. The van der Waals surface area contributed by atoms with Gasteiger partial charge in [0.1, 0.15) is 0 Å². The minimum absolute atomic E-state index is 0.756. The molecular weight excluding hydrogens is 356 g/mol. The zero-order valence-electron chi connectivity index (χ0n) is 16.3. The Balaban J connectivity index is 1.33. The monoisotopic (exact) mass is 386 g/mol. The van der Waals surface area contributed by atoms with Gasteiger partial charge in [0.25, 0.3) is 0 Å². The predicted molar refractivity (Wildman–Crippen MR) is 112 cm³/mol. The first kappa shape index (κ1) is 19.0. The van der Waals surface area contributed by atoms with Gasteiger partial charge in [-0.2, -0.15) is 5.10 Å². The number of hydrogen-bond donors (Lipinski definition) is 1. The van der Waals surface area contributed by atoms with Crippen LogP contribution in [0.15, 0.2) is 30.5 Å². The number of hydrogen-bond acceptors (Lipinski definition) is 3. The Morgan fingerprint density at radius 1 is 1.19 bits per heavy atom. The number of aryl methyl sites for hydroxylation is 1. The average Bonchev–Trinajstić information content (AvgIpc) is 3.06. The van der Waals surface area contributed by atoms with Crippen molar-refractivity contribution in [1.82, 2.24) is 20.0 Å². The van der Waals surface area contributed by atoms with Crippen LogP contribution in [0.5, 0.6) is 0 Å². The summed E-state index contributed by atoms with van der Waals surface area (Å²) in [4.78, 5) is 2.76. The van der Waals surface area contributed by atoms with Crippen molar-refractivity contribution in [3.8, 4) is 11.3 Å². The molecule has 0 saturated carbocycles. The highest BCUT2D eigenvalue weighted by atomic mass is 35.5. The van der Waals surface area contributed by atoms with E-state index in [0.29, 0.717) is 0 Å². The predicted octanol–water partition coefficient (Wildman–Crippen LogP) is 4.48. The van der Waals surface area contributed by atoms with E-state index in [0.717, 1.165) is 41.3 Å². The summed E-state index contributed by atoms with van der Waals surface area (Å²) < 4.78 is 1.90. The van der Waals surface area contributed by atoms with Crippen LogP contribution in [0, 0.1) is 5.92 Å². The van der Waals surface area contributed by atoms with Crippen molar-refractivity contribution in [2.45, 2.75) is 51.1 Å². The molecule has 4 nitrogen and oxygen atoms in total. The third-order valence-electron chi connectivity index (χ3n) is 6.24. The molecule has 0 bridgehead atoms. The summed E-state index contributed by atoms with van der Waals surface area (Å²) in [6.45, 7) is 4.59. The Kier molecular flexibility index (Phi) is 6.16. The quantitative estimate of drug-likeness (QED) is 0.743. The van der Waals surface area contributed by atoms with E-state index >= 15 is 0 Å². The first-order valence-corrected chi connectivity index (χ1v) is 10.8. The van der Waals surface area contributed by atoms with Crippen molar-refractivity contribution < 1.29 is 0 Å². The topological polar surface area (TPSA) is 33.1 Å². The fourth-order valence-corrected chi connectivity index (χ4v) is 5.16. The standard InChI is InChI=1S/C22H31ClN4/c1-26-16-19(22(25-26)18-6-4-8-20(23)14-18)15-24-11-10-17-7-5-13-27-12-3-2-9-21(17)27/h4,6,8,14,16-17,21,24H,2-3,5,7,9-13,15H2,1H3/t17-,21+/m0/s1. The van der Waals surface area contributed by atoms with E-state index in [4.69, 9.17) is 11.6 Å². The Morgan fingerprint density at radius 2 is 2.07 bits per heavy atom. The van der Waals surface area contributed by atoms with Gasteiger partial charge in [-0.1, -0.05) is 30.2 Å². The van der Waals surface area contributed by atoms with Gasteiger partial charge in [0.05, 0.1) is 5.69 Å². The lowest BCUT2D eigenvalue weighted by molar-refractivity contribution is 0.0559. The van der Waals surface area contributed by atoms with E-state index < -0.39 is 0 Å². The molecule has 1 N–H and O–H groups in total. The SMILES string of the molecule is Cn1cc(CNCC[C@@H]2CCCN3CCCC[C@H]23)c(-c2cccc(Cl)c2)n1. The minimum Gasteiger partial charge on any atom is -0.313 e. The number of benzene rings is 1. The van der Waals surface area contributed by atoms with Crippen LogP contribution in [-0.2, 0) is 13.6 Å². The van der Waals surface area contributed by atoms with Crippen molar-refractivity contribution in [1.29, 1.82) is 0 Å². The zero-order valence-corrected chi connectivity index (χ0v) is 17.1. The van der Waals surface area contributed by atoms with Crippen molar-refractivity contribution in [3.63, 3.8) is 0 Å². The molecule has 2 aliphatic rings. The van der Waals surface area contributed by atoms with Crippen LogP contribution in [0.4, 0.5) is 0 Å². The van der Waals surface area contributed by atoms with Gasteiger partial charge in [0.15, 0.2) is 0 Å². The second kappa shape index (κ2) is 8.76. The van der Waals surface area contributed by atoms with Gasteiger partial charge >= 0.3 is 0 Å². The first-order valence-electron chi connectivity index (χ1n) is 10.4. The zero-order chi connectivity index (χ0) is 18.6. The molecule has 4 rings (SSSR count). The average molecular weight is 387 g/mol. The lowest BCUT2D eigenvalue weighted by atomic mass is 9.82. The van der Waals surface area contributed by atoms with Crippen molar-refractivity contribution in [2.75, 3.05) is 19.6 Å². The summed E-state index contributed by atoms with van der Waals surface area (Å²) in [6, 6.07) is 8.81. The van der Waals surface area contributed by atoms with Crippen molar-refractivity contribution in [3.05, 3.63) is 41.0 Å². The molecule has 1 aromatic carbocycles. The number of piperidine rings is 2. The largest absolute Gasteiger partial charge is 0.313 e. The highest BCUT2D eigenvalue weighted by Crippen LogP contribution is 2.32. The number of fused-ring (bicyclic) bond motifs is 1. The number of rotatable bonds is 6. The molecule has 2 aromatic rings. The van der Waals surface area contributed by atoms with Crippen LogP contribution >= 0.6 is 11.6 Å². The van der Waals surface area contributed by atoms with Crippen LogP contribution in [0.25, 0.3) is 11.3 Å². The molecule has 2 atom stereocenters. The maximum Gasteiger partial charge on any atom is 0.0968 e. The fraction of sp³-hybridized carbons (Fsp3) is 0.591. The van der Waals surface area contributed by atoms with Crippen LogP contribution in [0.2, 0.25) is 5.02 Å². The maximum atomic E-state index is 6.17. The molecule has 0 radical (unpaired) electrons. The van der Waals surface area contributed by atoms with Crippen LogP contribution in [0.3, 0.4) is 0 Å². The number of nitrogens with one attached hydrogen (secondary N) is 1. The summed E-state index contributed by atoms with van der Waals surface area (Å²) in [5, 5.41) is 9.09. The van der Waals surface area contributed by atoms with Gasteiger partial charge in [-0.15, -0.1) is 0 Å². The summed E-state index contributed by atoms with van der Waals surface area (Å²) in [6.07, 6.45) is 10.4. The highest BCUT2D eigenvalue weighted by molar-refractivity contribution is 6.30. The van der Waals surface area contributed by atoms with Gasteiger partial charge in [0.2, 0.25) is 0 Å². The van der Waals surface area contributed by atoms with E-state index in [2.05, 4.69) is 27.6 Å². The molecule has 3 heterocycles. The Bertz CT molecular complexity index is 755. The summed E-state index contributed by atoms with van der Waals surface area (Å²) in [7, 11) is 1.98. The fourth-order valence-electron chi connectivity index (χ4n) is 4.97. The summed E-state index contributed by atoms with van der Waals surface area (Å²) >= 11 is 6.17. The van der Waals surface area contributed by atoms with Gasteiger partial charge in [-0.3, -0.25) is 4.68 Å². The molecule has 0 spiro atoms. The van der Waals surface area contributed by atoms with E-state index in [1.54, 1.807) is 0 Å². The van der Waals surface area contributed by atoms with E-state index in [9.17, 15) is 0 Å². The Morgan fingerprint density at radius 3 is 2.96 bits per heavy atom. The minimum atomic E-state index is 0.756. The molecule has 146 valence electrons. The van der Waals surface area contributed by atoms with Gasteiger partial charge in [-0.05, 0) is 69.8 Å². The van der Waals surface area contributed by atoms with Gasteiger partial charge in [-0.25, -0.2) is 0 Å². The molecule has 27 heavy (non-hydrogen) atoms.